The average molecular weight is 450 g/mol. The Kier molecular flexibility index (Phi) is 7.24. The van der Waals surface area contributed by atoms with Crippen molar-refractivity contribution < 1.29 is 27.5 Å². The average Bonchev–Trinajstić information content (AvgIpc) is 2.73. The van der Waals surface area contributed by atoms with Crippen LogP contribution in [0.4, 0.5) is 35.0 Å². The third-order valence-electron chi connectivity index (χ3n) is 4.98. The lowest BCUT2D eigenvalue weighted by Gasteiger charge is -2.31. The van der Waals surface area contributed by atoms with Gasteiger partial charge in [0, 0.05) is 25.7 Å². The first-order valence-electron chi connectivity index (χ1n) is 10.1. The van der Waals surface area contributed by atoms with E-state index in [0.717, 1.165) is 17.7 Å². The van der Waals surface area contributed by atoms with Crippen LogP contribution in [0.5, 0.6) is 0 Å². The maximum absolute atomic E-state index is 13.2. The molecular formula is C22H25F3N4O3. The smallest absolute Gasteiger partial charge is 0.378 e. The maximum Gasteiger partial charge on any atom is 0.416 e. The van der Waals surface area contributed by atoms with Gasteiger partial charge in [-0.05, 0) is 42.8 Å². The Morgan fingerprint density at radius 2 is 1.78 bits per heavy atom. The lowest BCUT2D eigenvalue weighted by molar-refractivity contribution is -0.137. The first-order valence-corrected chi connectivity index (χ1v) is 10.1. The summed E-state index contributed by atoms with van der Waals surface area (Å²) in [5.41, 5.74) is 1.02. The minimum absolute atomic E-state index is 0.0680. The van der Waals surface area contributed by atoms with Crippen molar-refractivity contribution in [1.82, 2.24) is 5.32 Å². The van der Waals surface area contributed by atoms with Gasteiger partial charge >= 0.3 is 12.2 Å². The molecule has 3 N–H and O–H groups in total. The van der Waals surface area contributed by atoms with Gasteiger partial charge in [0.1, 0.15) is 0 Å². The quantitative estimate of drug-likeness (QED) is 0.631. The van der Waals surface area contributed by atoms with Crippen LogP contribution < -0.4 is 20.9 Å². The van der Waals surface area contributed by atoms with Gasteiger partial charge in [0.2, 0.25) is 5.91 Å². The zero-order chi connectivity index (χ0) is 23.3. The van der Waals surface area contributed by atoms with E-state index in [1.54, 1.807) is 31.2 Å². The first-order chi connectivity index (χ1) is 15.1. The summed E-state index contributed by atoms with van der Waals surface area (Å²) >= 11 is 0. The molecule has 1 unspecified atom stereocenters. The SMILES string of the molecule is CC(=O)Nc1cccc(C(C)NC(=O)Nc2cc(C(F)(F)F)ccc2N2CCOCC2)c1. The van der Waals surface area contributed by atoms with Crippen LogP contribution in [0, 0.1) is 0 Å². The number of halogens is 3. The van der Waals surface area contributed by atoms with E-state index in [-0.39, 0.29) is 11.6 Å². The van der Waals surface area contributed by atoms with Crippen LogP contribution in [-0.2, 0) is 15.7 Å². The molecule has 7 nitrogen and oxygen atoms in total. The number of hydrogen-bond acceptors (Lipinski definition) is 4. The van der Waals surface area contributed by atoms with Crippen molar-refractivity contribution in [3.63, 3.8) is 0 Å². The van der Waals surface area contributed by atoms with E-state index in [4.69, 9.17) is 4.74 Å². The van der Waals surface area contributed by atoms with Crippen LogP contribution in [0.2, 0.25) is 0 Å². The fraction of sp³-hybridized carbons (Fsp3) is 0.364. The number of carbonyl (C=O) groups is 2. The number of carbonyl (C=O) groups excluding carboxylic acids is 2. The lowest BCUT2D eigenvalue weighted by atomic mass is 10.1. The molecule has 1 fully saturated rings. The summed E-state index contributed by atoms with van der Waals surface area (Å²) in [4.78, 5) is 25.8. The molecule has 0 saturated carbocycles. The van der Waals surface area contributed by atoms with Crippen molar-refractivity contribution in [2.75, 3.05) is 41.8 Å². The number of amides is 3. The van der Waals surface area contributed by atoms with E-state index in [1.807, 2.05) is 4.90 Å². The van der Waals surface area contributed by atoms with Gasteiger partial charge < -0.3 is 25.6 Å². The number of alkyl halides is 3. The number of anilines is 3. The largest absolute Gasteiger partial charge is 0.416 e. The molecule has 10 heteroatoms. The molecule has 0 spiro atoms. The van der Waals surface area contributed by atoms with Crippen molar-refractivity contribution in [1.29, 1.82) is 0 Å². The number of nitrogens with zero attached hydrogens (tertiary/aromatic N) is 1. The molecular weight excluding hydrogens is 425 g/mol. The van der Waals surface area contributed by atoms with Gasteiger partial charge in [-0.25, -0.2) is 4.79 Å². The number of hydrogen-bond donors (Lipinski definition) is 3. The van der Waals surface area contributed by atoms with E-state index in [0.29, 0.717) is 37.7 Å². The van der Waals surface area contributed by atoms with E-state index in [2.05, 4.69) is 16.0 Å². The minimum atomic E-state index is -4.53. The summed E-state index contributed by atoms with van der Waals surface area (Å²) in [6.45, 7) is 5.05. The van der Waals surface area contributed by atoms with Crippen LogP contribution in [0.25, 0.3) is 0 Å². The molecule has 1 aliphatic heterocycles. The zero-order valence-electron chi connectivity index (χ0n) is 17.8. The monoisotopic (exact) mass is 450 g/mol. The van der Waals surface area contributed by atoms with E-state index < -0.39 is 23.8 Å². The van der Waals surface area contributed by atoms with Crippen LogP contribution in [0.1, 0.15) is 31.0 Å². The van der Waals surface area contributed by atoms with Gasteiger partial charge in [-0.3, -0.25) is 4.79 Å². The predicted molar refractivity (Wildman–Crippen MR) is 116 cm³/mol. The molecule has 0 bridgehead atoms. The molecule has 1 atom stereocenters. The van der Waals surface area contributed by atoms with Gasteiger partial charge in [-0.2, -0.15) is 13.2 Å². The van der Waals surface area contributed by atoms with Crippen molar-refractivity contribution in [3.05, 3.63) is 53.6 Å². The Balaban J connectivity index is 1.77. The summed E-state index contributed by atoms with van der Waals surface area (Å²) in [5, 5.41) is 7.96. The van der Waals surface area contributed by atoms with Crippen LogP contribution >= 0.6 is 0 Å². The number of rotatable bonds is 5. The van der Waals surface area contributed by atoms with Crippen molar-refractivity contribution in [2.24, 2.45) is 0 Å². The normalized spacial score (nSPS) is 15.1. The van der Waals surface area contributed by atoms with Crippen LogP contribution in [0.3, 0.4) is 0 Å². The summed E-state index contributed by atoms with van der Waals surface area (Å²) < 4.78 is 45.0. The molecule has 0 radical (unpaired) electrons. The highest BCUT2D eigenvalue weighted by Gasteiger charge is 2.32. The molecule has 32 heavy (non-hydrogen) atoms. The van der Waals surface area contributed by atoms with Gasteiger partial charge in [-0.1, -0.05) is 12.1 Å². The Morgan fingerprint density at radius 3 is 2.44 bits per heavy atom. The minimum Gasteiger partial charge on any atom is -0.378 e. The number of morpholine rings is 1. The second kappa shape index (κ2) is 9.90. The van der Waals surface area contributed by atoms with Gasteiger partial charge in [0.25, 0.3) is 0 Å². The highest BCUT2D eigenvalue weighted by atomic mass is 19.4. The molecule has 2 aromatic carbocycles. The molecule has 2 aromatic rings. The second-order valence-corrected chi connectivity index (χ2v) is 7.46. The maximum atomic E-state index is 13.2. The Hall–Kier alpha value is -3.27. The first kappa shape index (κ1) is 23.4. The lowest BCUT2D eigenvalue weighted by Crippen LogP contribution is -2.37. The van der Waals surface area contributed by atoms with Gasteiger partial charge in [-0.15, -0.1) is 0 Å². The third-order valence-corrected chi connectivity index (χ3v) is 4.98. The van der Waals surface area contributed by atoms with Crippen molar-refractivity contribution in [3.8, 4) is 0 Å². The fourth-order valence-corrected chi connectivity index (χ4v) is 3.42. The number of urea groups is 1. The number of benzene rings is 2. The molecule has 1 saturated heterocycles. The fourth-order valence-electron chi connectivity index (χ4n) is 3.42. The standard InChI is InChI=1S/C22H25F3N4O3/c1-14(16-4-3-5-18(12-16)27-15(2)30)26-21(31)28-19-13-17(22(23,24)25)6-7-20(19)29-8-10-32-11-9-29/h3-7,12-14H,8-11H2,1-2H3,(H,27,30)(H2,26,28,31). The predicted octanol–water partition coefficient (Wildman–Crippen LogP) is 4.38. The van der Waals surface area contributed by atoms with E-state index in [1.165, 1.54) is 13.0 Å². The van der Waals surface area contributed by atoms with E-state index >= 15 is 0 Å². The topological polar surface area (TPSA) is 82.7 Å². The summed E-state index contributed by atoms with van der Waals surface area (Å²) in [5.74, 6) is -0.222. The highest BCUT2D eigenvalue weighted by molar-refractivity contribution is 5.94. The summed E-state index contributed by atoms with van der Waals surface area (Å²) in [7, 11) is 0. The molecule has 0 aliphatic carbocycles. The second-order valence-electron chi connectivity index (χ2n) is 7.46. The Bertz CT molecular complexity index is 975. The Labute approximate surface area is 183 Å². The molecule has 1 aliphatic rings. The number of nitrogens with one attached hydrogen (secondary N) is 3. The van der Waals surface area contributed by atoms with Crippen molar-refractivity contribution >= 4 is 29.0 Å². The molecule has 0 aromatic heterocycles. The molecule has 3 amide bonds. The van der Waals surface area contributed by atoms with Crippen molar-refractivity contribution in [2.45, 2.75) is 26.1 Å². The van der Waals surface area contributed by atoms with Gasteiger partial charge in [0.05, 0.1) is 36.2 Å². The van der Waals surface area contributed by atoms with E-state index in [9.17, 15) is 22.8 Å². The van der Waals surface area contributed by atoms with Crippen LogP contribution in [-0.4, -0.2) is 38.2 Å². The summed E-state index contributed by atoms with van der Waals surface area (Å²) in [6, 6.07) is 9.16. The number of ether oxygens (including phenoxy) is 1. The summed E-state index contributed by atoms with van der Waals surface area (Å²) in [6.07, 6.45) is -4.53. The molecule has 1 heterocycles. The van der Waals surface area contributed by atoms with Gasteiger partial charge in [0.15, 0.2) is 0 Å². The van der Waals surface area contributed by atoms with Crippen LogP contribution in [0.15, 0.2) is 42.5 Å². The third kappa shape index (κ3) is 6.13. The highest BCUT2D eigenvalue weighted by Crippen LogP contribution is 2.35. The zero-order valence-corrected chi connectivity index (χ0v) is 17.8. The molecule has 3 rings (SSSR count). The molecule has 172 valence electrons. The Morgan fingerprint density at radius 1 is 1.06 bits per heavy atom.